The number of nitrogens with zero attached hydrogens (tertiary/aromatic N) is 3. The van der Waals surface area contributed by atoms with Crippen LogP contribution in [0.4, 0.5) is 0 Å². The van der Waals surface area contributed by atoms with Crippen LogP contribution in [-0.2, 0) is 9.53 Å². The number of fused-ring (bicyclic) bond motifs is 2. The topological polar surface area (TPSA) is 96.8 Å². The van der Waals surface area contributed by atoms with Crippen LogP contribution in [0.2, 0.25) is 0 Å². The number of nitrogens with one attached hydrogen (secondary N) is 1. The van der Waals surface area contributed by atoms with E-state index < -0.39 is 23.1 Å². The van der Waals surface area contributed by atoms with Crippen molar-refractivity contribution in [1.29, 1.82) is 0 Å². The van der Waals surface area contributed by atoms with Crippen LogP contribution < -0.4 is 11.2 Å². The third kappa shape index (κ3) is 2.83. The Labute approximate surface area is 155 Å². The molecule has 142 valence electrons. The molecule has 3 rings (SSSR count). The lowest BCUT2D eigenvalue weighted by Crippen LogP contribution is -2.50. The maximum Gasteiger partial charge on any atom is 0.330 e. The van der Waals surface area contributed by atoms with Gasteiger partial charge in [-0.15, -0.1) is 0 Å². The largest absolute Gasteiger partial charge is 0.347 e. The van der Waals surface area contributed by atoms with E-state index in [4.69, 9.17) is 4.74 Å². The van der Waals surface area contributed by atoms with Gasteiger partial charge in [-0.05, 0) is 19.6 Å². The van der Waals surface area contributed by atoms with Gasteiger partial charge in [0.1, 0.15) is 0 Å². The molecule has 8 nitrogen and oxygen atoms in total. The van der Waals surface area contributed by atoms with Crippen LogP contribution in [0.3, 0.4) is 0 Å². The van der Waals surface area contributed by atoms with E-state index in [9.17, 15) is 14.4 Å². The lowest BCUT2D eigenvalue weighted by molar-refractivity contribution is -0.122. The number of aromatic amines is 1. The molecule has 2 aliphatic heterocycles. The van der Waals surface area contributed by atoms with Gasteiger partial charge in [0.25, 0.3) is 5.56 Å². The van der Waals surface area contributed by atoms with E-state index in [-0.39, 0.29) is 17.9 Å². The fourth-order valence-electron chi connectivity index (χ4n) is 4.05. The average Bonchev–Trinajstić information content (AvgIpc) is 3.03. The SMILES string of the molecule is CC[C@@]12CN(/C(=N/C(C)=O)SC)[C@@H]([C@H](n3cc(C)c(=O)[nH]c3=O)O1)[C@@H]2C. The van der Waals surface area contributed by atoms with Gasteiger partial charge in [-0.1, -0.05) is 25.6 Å². The maximum atomic E-state index is 12.4. The fraction of sp³-hybridized carbons (Fsp3) is 0.647. The van der Waals surface area contributed by atoms with Gasteiger partial charge in [0, 0.05) is 31.1 Å². The number of hydrogen-bond donors (Lipinski definition) is 1. The van der Waals surface area contributed by atoms with Gasteiger partial charge in [0.15, 0.2) is 11.4 Å². The normalized spacial score (nSPS) is 30.9. The minimum absolute atomic E-state index is 0.140. The highest BCUT2D eigenvalue weighted by atomic mass is 32.2. The summed E-state index contributed by atoms with van der Waals surface area (Å²) in [6.45, 7) is 7.86. The number of aliphatic imine (C=N–C) groups is 1. The third-order valence-corrected chi connectivity index (χ3v) is 6.18. The molecule has 2 aliphatic rings. The first-order chi connectivity index (χ1) is 12.2. The van der Waals surface area contributed by atoms with E-state index in [1.165, 1.54) is 23.3 Å². The molecule has 26 heavy (non-hydrogen) atoms. The monoisotopic (exact) mass is 380 g/mol. The molecule has 2 saturated heterocycles. The van der Waals surface area contributed by atoms with Crippen LogP contribution in [0.5, 0.6) is 0 Å². The molecule has 0 saturated carbocycles. The first-order valence-corrected chi connectivity index (χ1v) is 9.86. The second-order valence-corrected chi connectivity index (χ2v) is 7.70. The molecular weight excluding hydrogens is 356 g/mol. The van der Waals surface area contributed by atoms with Crippen molar-refractivity contribution in [2.24, 2.45) is 10.9 Å². The summed E-state index contributed by atoms with van der Waals surface area (Å²) >= 11 is 1.41. The zero-order chi connectivity index (χ0) is 19.2. The maximum absolute atomic E-state index is 12.4. The number of rotatable bonds is 2. The molecule has 4 atom stereocenters. The number of aryl methyl sites for hydroxylation is 1. The number of carbonyl (C=O) groups is 1. The molecule has 1 aromatic rings. The molecule has 2 bridgehead atoms. The van der Waals surface area contributed by atoms with E-state index in [0.717, 1.165) is 6.42 Å². The number of amidine groups is 1. The number of ether oxygens (including phenoxy) is 1. The van der Waals surface area contributed by atoms with Crippen LogP contribution >= 0.6 is 11.8 Å². The van der Waals surface area contributed by atoms with Gasteiger partial charge in [-0.2, -0.15) is 4.99 Å². The minimum atomic E-state index is -0.550. The third-order valence-electron chi connectivity index (χ3n) is 5.49. The van der Waals surface area contributed by atoms with Crippen molar-refractivity contribution in [3.63, 3.8) is 0 Å². The van der Waals surface area contributed by atoms with Crippen LogP contribution in [0.25, 0.3) is 0 Å². The van der Waals surface area contributed by atoms with E-state index in [1.807, 2.05) is 6.26 Å². The van der Waals surface area contributed by atoms with Gasteiger partial charge in [0.05, 0.1) is 11.6 Å². The van der Waals surface area contributed by atoms with Crippen LogP contribution in [0.1, 0.15) is 39.0 Å². The number of H-pyrrole nitrogens is 1. The zero-order valence-electron chi connectivity index (χ0n) is 15.6. The number of aromatic nitrogens is 2. The number of likely N-dealkylation sites (tertiary alicyclic amines) is 1. The van der Waals surface area contributed by atoms with E-state index in [2.05, 4.69) is 28.7 Å². The molecule has 3 heterocycles. The quantitative estimate of drug-likeness (QED) is 0.610. The number of thioether (sulfide) groups is 1. The number of hydrogen-bond acceptors (Lipinski definition) is 5. The molecule has 9 heteroatoms. The minimum Gasteiger partial charge on any atom is -0.347 e. The summed E-state index contributed by atoms with van der Waals surface area (Å²) in [6, 6.07) is -0.150. The van der Waals surface area contributed by atoms with Crippen molar-refractivity contribution >= 4 is 22.8 Å². The molecule has 2 fully saturated rings. The summed E-state index contributed by atoms with van der Waals surface area (Å²) in [4.78, 5) is 44.2. The molecule has 0 aliphatic carbocycles. The number of morpholine rings is 1. The number of amides is 1. The molecule has 1 aromatic heterocycles. The fourth-order valence-corrected chi connectivity index (χ4v) is 4.69. The Kier molecular flexibility index (Phi) is 4.87. The summed E-state index contributed by atoms with van der Waals surface area (Å²) in [5.74, 6) is -0.120. The van der Waals surface area contributed by atoms with Crippen molar-refractivity contribution in [2.45, 2.75) is 52.0 Å². The Bertz CT molecular complexity index is 876. The average molecular weight is 380 g/mol. The highest BCUT2D eigenvalue weighted by Crippen LogP contribution is 2.52. The molecule has 0 aromatic carbocycles. The Hall–Kier alpha value is -1.87. The highest BCUT2D eigenvalue weighted by molar-refractivity contribution is 8.13. The van der Waals surface area contributed by atoms with Crippen molar-refractivity contribution in [1.82, 2.24) is 14.5 Å². The van der Waals surface area contributed by atoms with Crippen LogP contribution in [-0.4, -0.2) is 50.0 Å². The lowest BCUT2D eigenvalue weighted by atomic mass is 9.88. The summed E-state index contributed by atoms with van der Waals surface area (Å²) in [5, 5.41) is 0.632. The zero-order valence-corrected chi connectivity index (χ0v) is 16.4. The predicted octanol–water partition coefficient (Wildman–Crippen LogP) is 1.11. The molecule has 0 spiro atoms. The Morgan fingerprint density at radius 1 is 1.50 bits per heavy atom. The summed E-state index contributed by atoms with van der Waals surface area (Å²) in [7, 11) is 0. The summed E-state index contributed by atoms with van der Waals surface area (Å²) in [5.41, 5.74) is -0.868. The molecule has 1 amide bonds. The summed E-state index contributed by atoms with van der Waals surface area (Å²) < 4.78 is 7.80. The number of carbonyl (C=O) groups excluding carboxylic acids is 1. The van der Waals surface area contributed by atoms with Gasteiger partial charge in [-0.3, -0.25) is 19.1 Å². The van der Waals surface area contributed by atoms with Crippen molar-refractivity contribution < 1.29 is 9.53 Å². The van der Waals surface area contributed by atoms with Crippen molar-refractivity contribution in [2.75, 3.05) is 12.8 Å². The second-order valence-electron chi connectivity index (χ2n) is 6.93. The first kappa shape index (κ1) is 18.9. The standard InChI is InChI=1S/C17H24N4O4S/c1-6-17-8-21(16(26-5)18-11(4)22)12(10(17)3)14(25-17)20-7-9(2)13(23)19-15(20)24/h7,10,12,14H,6,8H2,1-5H3,(H,19,23,24)/b18-16-/t10-,12+,14+,17-/m0/s1. The van der Waals surface area contributed by atoms with Crippen molar-refractivity contribution in [3.05, 3.63) is 32.6 Å². The van der Waals surface area contributed by atoms with E-state index >= 15 is 0 Å². The van der Waals surface area contributed by atoms with Gasteiger partial charge in [-0.25, -0.2) is 4.79 Å². The van der Waals surface area contributed by atoms with Crippen LogP contribution in [0.15, 0.2) is 20.8 Å². The summed E-state index contributed by atoms with van der Waals surface area (Å²) in [6.07, 6.45) is 3.65. The predicted molar refractivity (Wildman–Crippen MR) is 100 cm³/mol. The molecule has 0 unspecified atom stereocenters. The van der Waals surface area contributed by atoms with Crippen LogP contribution in [0, 0.1) is 12.8 Å². The Morgan fingerprint density at radius 2 is 2.19 bits per heavy atom. The smallest absolute Gasteiger partial charge is 0.330 e. The molecule has 1 N–H and O–H groups in total. The van der Waals surface area contributed by atoms with Gasteiger partial charge < -0.3 is 9.64 Å². The first-order valence-electron chi connectivity index (χ1n) is 8.64. The van der Waals surface area contributed by atoms with Gasteiger partial charge in [0.2, 0.25) is 5.91 Å². The lowest BCUT2D eigenvalue weighted by Gasteiger charge is -2.38. The van der Waals surface area contributed by atoms with Gasteiger partial charge >= 0.3 is 5.69 Å². The molecule has 0 radical (unpaired) electrons. The highest BCUT2D eigenvalue weighted by Gasteiger charge is 2.62. The Balaban J connectivity index is 2.10. The molecular formula is C17H24N4O4S. The van der Waals surface area contributed by atoms with Crippen molar-refractivity contribution in [3.8, 4) is 0 Å². The van der Waals surface area contributed by atoms with E-state index in [1.54, 1.807) is 13.1 Å². The van der Waals surface area contributed by atoms with E-state index in [0.29, 0.717) is 17.3 Å². The Morgan fingerprint density at radius 3 is 2.73 bits per heavy atom. The second kappa shape index (κ2) is 6.70.